The van der Waals surface area contributed by atoms with Crippen LogP contribution in [0.4, 0.5) is 10.5 Å². The Balaban J connectivity index is 1.74. The van der Waals surface area contributed by atoms with E-state index >= 15 is 0 Å². The van der Waals surface area contributed by atoms with Crippen LogP contribution < -0.4 is 10.1 Å². The van der Waals surface area contributed by atoms with Gasteiger partial charge in [0.1, 0.15) is 5.69 Å². The first-order chi connectivity index (χ1) is 10.8. The van der Waals surface area contributed by atoms with Gasteiger partial charge in [-0.05, 0) is 43.3 Å². The summed E-state index contributed by atoms with van der Waals surface area (Å²) in [5.74, 6) is 0.463. The predicted molar refractivity (Wildman–Crippen MR) is 87.4 cm³/mol. The molecule has 0 aromatic carbocycles. The third-order valence-electron chi connectivity index (χ3n) is 3.68. The number of anilines is 1. The van der Waals surface area contributed by atoms with Crippen molar-refractivity contribution in [3.8, 4) is 5.88 Å². The number of carbonyl (C=O) groups excluding carboxylic acids is 1. The van der Waals surface area contributed by atoms with E-state index < -0.39 is 0 Å². The van der Waals surface area contributed by atoms with Gasteiger partial charge in [0, 0.05) is 17.6 Å². The molecule has 116 valence electrons. The molecule has 2 amide bonds. The van der Waals surface area contributed by atoms with E-state index in [0.717, 1.165) is 19.4 Å². The molecule has 0 bridgehead atoms. The molecule has 5 nitrogen and oxygen atoms in total. The van der Waals surface area contributed by atoms with Crippen molar-refractivity contribution >= 4 is 23.1 Å². The second-order valence-corrected chi connectivity index (χ2v) is 6.07. The predicted octanol–water partition coefficient (Wildman–Crippen LogP) is 3.91. The fourth-order valence-corrected chi connectivity index (χ4v) is 3.58. The van der Waals surface area contributed by atoms with Crippen LogP contribution in [-0.2, 0) is 0 Å². The second-order valence-electron chi connectivity index (χ2n) is 5.09. The minimum absolute atomic E-state index is 0.0927. The molecule has 3 heterocycles. The van der Waals surface area contributed by atoms with Crippen molar-refractivity contribution in [2.75, 3.05) is 18.5 Å². The lowest BCUT2D eigenvalue weighted by atomic mass is 10.2. The standard InChI is InChI=1S/C16H19N3O2S/c1-2-21-15-12(6-3-9-17-15)18-16(20)19-10-4-7-13(19)14-8-5-11-22-14/h3,5-6,8-9,11,13H,2,4,7,10H2,1H3,(H,18,20)/t13-/m0/s1. The summed E-state index contributed by atoms with van der Waals surface area (Å²) in [6, 6.07) is 7.81. The summed E-state index contributed by atoms with van der Waals surface area (Å²) in [6.07, 6.45) is 3.70. The van der Waals surface area contributed by atoms with Crippen LogP contribution in [0.2, 0.25) is 0 Å². The number of likely N-dealkylation sites (tertiary alicyclic amines) is 1. The number of nitrogens with one attached hydrogen (secondary N) is 1. The van der Waals surface area contributed by atoms with Gasteiger partial charge in [-0.2, -0.15) is 0 Å². The minimum atomic E-state index is -0.0927. The molecule has 0 radical (unpaired) electrons. The molecule has 3 rings (SSSR count). The van der Waals surface area contributed by atoms with Crippen molar-refractivity contribution in [3.63, 3.8) is 0 Å². The fourth-order valence-electron chi connectivity index (χ4n) is 2.71. The molecule has 6 heteroatoms. The van der Waals surface area contributed by atoms with Gasteiger partial charge in [-0.25, -0.2) is 9.78 Å². The molecule has 1 saturated heterocycles. The smallest absolute Gasteiger partial charge is 0.322 e. The maximum absolute atomic E-state index is 12.6. The Morgan fingerprint density at radius 3 is 3.18 bits per heavy atom. The van der Waals surface area contributed by atoms with Gasteiger partial charge >= 0.3 is 6.03 Å². The van der Waals surface area contributed by atoms with E-state index in [-0.39, 0.29) is 12.1 Å². The Morgan fingerprint density at radius 1 is 1.50 bits per heavy atom. The number of ether oxygens (including phenoxy) is 1. The van der Waals surface area contributed by atoms with Crippen LogP contribution in [0.5, 0.6) is 5.88 Å². The number of rotatable bonds is 4. The lowest BCUT2D eigenvalue weighted by Gasteiger charge is -2.24. The average molecular weight is 317 g/mol. The number of amides is 2. The number of thiophene rings is 1. The quantitative estimate of drug-likeness (QED) is 0.930. The van der Waals surface area contributed by atoms with Crippen LogP contribution in [0, 0.1) is 0 Å². The molecule has 2 aromatic heterocycles. The molecule has 0 aliphatic carbocycles. The van der Waals surface area contributed by atoms with Gasteiger partial charge in [0.15, 0.2) is 0 Å². The van der Waals surface area contributed by atoms with Crippen molar-refractivity contribution in [1.82, 2.24) is 9.88 Å². The number of aromatic nitrogens is 1. The number of hydrogen-bond donors (Lipinski definition) is 1. The van der Waals surface area contributed by atoms with Crippen molar-refractivity contribution in [3.05, 3.63) is 40.7 Å². The van der Waals surface area contributed by atoms with Crippen molar-refractivity contribution in [2.45, 2.75) is 25.8 Å². The lowest BCUT2D eigenvalue weighted by molar-refractivity contribution is 0.207. The SMILES string of the molecule is CCOc1ncccc1NC(=O)N1CCC[C@H]1c1cccs1. The third-order valence-corrected chi connectivity index (χ3v) is 4.65. The summed E-state index contributed by atoms with van der Waals surface area (Å²) in [5, 5.41) is 4.99. The van der Waals surface area contributed by atoms with E-state index in [9.17, 15) is 4.79 Å². The molecule has 0 unspecified atom stereocenters. The summed E-state index contributed by atoms with van der Waals surface area (Å²) in [5.41, 5.74) is 0.617. The van der Waals surface area contributed by atoms with Crippen LogP contribution in [0.1, 0.15) is 30.7 Å². The molecule has 2 aromatic rings. The number of pyridine rings is 1. The zero-order valence-electron chi connectivity index (χ0n) is 12.5. The highest BCUT2D eigenvalue weighted by atomic mass is 32.1. The average Bonchev–Trinajstić information content (AvgIpc) is 3.20. The third kappa shape index (κ3) is 3.06. The van der Waals surface area contributed by atoms with Gasteiger partial charge in [-0.15, -0.1) is 11.3 Å². The number of hydrogen-bond acceptors (Lipinski definition) is 4. The first-order valence-electron chi connectivity index (χ1n) is 7.48. The van der Waals surface area contributed by atoms with E-state index in [1.807, 2.05) is 24.0 Å². The highest BCUT2D eigenvalue weighted by molar-refractivity contribution is 7.10. The Labute approximate surface area is 133 Å². The maximum atomic E-state index is 12.6. The van der Waals surface area contributed by atoms with Gasteiger partial charge in [0.2, 0.25) is 5.88 Å². The van der Waals surface area contributed by atoms with Gasteiger partial charge in [-0.3, -0.25) is 0 Å². The first-order valence-corrected chi connectivity index (χ1v) is 8.36. The summed E-state index contributed by atoms with van der Waals surface area (Å²) in [6.45, 7) is 3.19. The fraction of sp³-hybridized carbons (Fsp3) is 0.375. The summed E-state index contributed by atoms with van der Waals surface area (Å²) >= 11 is 1.70. The van der Waals surface area contributed by atoms with Crippen LogP contribution in [0.25, 0.3) is 0 Å². The minimum Gasteiger partial charge on any atom is -0.476 e. The van der Waals surface area contributed by atoms with Gasteiger partial charge < -0.3 is 15.0 Å². The van der Waals surface area contributed by atoms with E-state index in [0.29, 0.717) is 18.2 Å². The van der Waals surface area contributed by atoms with Gasteiger partial charge in [0.05, 0.1) is 12.6 Å². The highest BCUT2D eigenvalue weighted by Gasteiger charge is 2.31. The molecule has 1 aliphatic rings. The Hall–Kier alpha value is -2.08. The lowest BCUT2D eigenvalue weighted by Crippen LogP contribution is -2.34. The summed E-state index contributed by atoms with van der Waals surface area (Å²) in [4.78, 5) is 19.9. The highest BCUT2D eigenvalue weighted by Crippen LogP contribution is 2.35. The summed E-state index contributed by atoms with van der Waals surface area (Å²) in [7, 11) is 0. The molecule has 1 atom stereocenters. The number of nitrogens with zero attached hydrogens (tertiary/aromatic N) is 2. The molecule has 1 N–H and O–H groups in total. The topological polar surface area (TPSA) is 54.5 Å². The van der Waals surface area contributed by atoms with E-state index in [1.165, 1.54) is 4.88 Å². The van der Waals surface area contributed by atoms with Crippen molar-refractivity contribution in [2.24, 2.45) is 0 Å². The van der Waals surface area contributed by atoms with Crippen molar-refractivity contribution in [1.29, 1.82) is 0 Å². The molecular weight excluding hydrogens is 298 g/mol. The Bertz CT molecular complexity index is 630. The normalized spacial score (nSPS) is 17.5. The van der Waals surface area contributed by atoms with E-state index in [1.54, 1.807) is 23.6 Å². The zero-order chi connectivity index (χ0) is 15.4. The molecule has 1 fully saturated rings. The largest absolute Gasteiger partial charge is 0.476 e. The molecule has 0 spiro atoms. The zero-order valence-corrected chi connectivity index (χ0v) is 13.3. The second kappa shape index (κ2) is 6.79. The van der Waals surface area contributed by atoms with Gasteiger partial charge in [0.25, 0.3) is 0 Å². The molecule has 0 saturated carbocycles. The monoisotopic (exact) mass is 317 g/mol. The van der Waals surface area contributed by atoms with Crippen molar-refractivity contribution < 1.29 is 9.53 Å². The molecular formula is C16H19N3O2S. The van der Waals surface area contributed by atoms with Crippen LogP contribution in [0.15, 0.2) is 35.8 Å². The van der Waals surface area contributed by atoms with Gasteiger partial charge in [-0.1, -0.05) is 6.07 Å². The Kier molecular flexibility index (Phi) is 4.58. The van der Waals surface area contributed by atoms with Crippen LogP contribution in [0.3, 0.4) is 0 Å². The Morgan fingerprint density at radius 2 is 2.41 bits per heavy atom. The van der Waals surface area contributed by atoms with E-state index in [2.05, 4.69) is 21.7 Å². The first kappa shape index (κ1) is 14.8. The molecule has 1 aliphatic heterocycles. The number of carbonyl (C=O) groups is 1. The summed E-state index contributed by atoms with van der Waals surface area (Å²) < 4.78 is 5.46. The maximum Gasteiger partial charge on any atom is 0.322 e. The van der Waals surface area contributed by atoms with Crippen LogP contribution in [-0.4, -0.2) is 29.1 Å². The molecule has 22 heavy (non-hydrogen) atoms. The van der Waals surface area contributed by atoms with E-state index in [4.69, 9.17) is 4.74 Å². The number of urea groups is 1. The van der Waals surface area contributed by atoms with Crippen LogP contribution >= 0.6 is 11.3 Å².